The van der Waals surface area contributed by atoms with Crippen molar-refractivity contribution in [2.75, 3.05) is 21.3 Å². The van der Waals surface area contributed by atoms with Gasteiger partial charge in [-0.25, -0.2) is 0 Å². The van der Waals surface area contributed by atoms with Crippen molar-refractivity contribution in [1.29, 1.82) is 0 Å². The molecule has 3 aromatic carbocycles. The van der Waals surface area contributed by atoms with Crippen molar-refractivity contribution < 1.29 is 19.0 Å². The van der Waals surface area contributed by atoms with Gasteiger partial charge in [0, 0.05) is 0 Å². The number of esters is 1. The van der Waals surface area contributed by atoms with Gasteiger partial charge < -0.3 is 14.2 Å². The summed E-state index contributed by atoms with van der Waals surface area (Å²) in [6, 6.07) is 24.6. The highest BCUT2D eigenvalue weighted by Crippen LogP contribution is 2.41. The van der Waals surface area contributed by atoms with Gasteiger partial charge in [0.05, 0.1) is 21.3 Å². The molecule has 3 rings (SSSR count). The van der Waals surface area contributed by atoms with E-state index < -0.39 is 5.41 Å². The van der Waals surface area contributed by atoms with Crippen LogP contribution in [0.4, 0.5) is 0 Å². The van der Waals surface area contributed by atoms with Gasteiger partial charge >= 0.3 is 5.97 Å². The summed E-state index contributed by atoms with van der Waals surface area (Å²) in [4.78, 5) is 13.3. The molecule has 4 nitrogen and oxygen atoms in total. The largest absolute Gasteiger partial charge is 0.497 e. The molecule has 0 amide bonds. The first-order valence-electron chi connectivity index (χ1n) is 8.59. The molecule has 0 aliphatic carbocycles. The van der Waals surface area contributed by atoms with Crippen LogP contribution < -0.4 is 9.47 Å². The molecule has 0 aliphatic rings. The third-order valence-electron chi connectivity index (χ3n) is 4.74. The van der Waals surface area contributed by atoms with E-state index in [4.69, 9.17) is 14.2 Å². The van der Waals surface area contributed by atoms with Crippen LogP contribution in [-0.2, 0) is 14.9 Å². The SMILES string of the molecule is COC(=O)C(c1ccccc1)(c1ccc(OC)cc1)c1ccc(OC)cc1. The van der Waals surface area contributed by atoms with Gasteiger partial charge in [0.1, 0.15) is 16.9 Å². The van der Waals surface area contributed by atoms with Gasteiger partial charge in [-0.2, -0.15) is 0 Å². The van der Waals surface area contributed by atoms with Crippen LogP contribution >= 0.6 is 0 Å². The lowest BCUT2D eigenvalue weighted by atomic mass is 9.69. The predicted molar refractivity (Wildman–Crippen MR) is 104 cm³/mol. The Morgan fingerprint density at radius 1 is 0.630 bits per heavy atom. The summed E-state index contributed by atoms with van der Waals surface area (Å²) in [5, 5.41) is 0. The molecule has 0 fully saturated rings. The number of methoxy groups -OCH3 is 3. The molecule has 0 saturated carbocycles. The van der Waals surface area contributed by atoms with Crippen LogP contribution in [0.3, 0.4) is 0 Å². The molecule has 0 heterocycles. The zero-order valence-corrected chi connectivity index (χ0v) is 15.6. The quantitative estimate of drug-likeness (QED) is 0.487. The van der Waals surface area contributed by atoms with E-state index >= 15 is 0 Å². The topological polar surface area (TPSA) is 44.8 Å². The first-order chi connectivity index (χ1) is 13.2. The first kappa shape index (κ1) is 18.5. The van der Waals surface area contributed by atoms with Crippen LogP contribution in [0.1, 0.15) is 16.7 Å². The molecule has 3 aromatic rings. The van der Waals surface area contributed by atoms with Crippen molar-refractivity contribution in [1.82, 2.24) is 0 Å². The van der Waals surface area contributed by atoms with Gasteiger partial charge in [0.25, 0.3) is 0 Å². The lowest BCUT2D eigenvalue weighted by Gasteiger charge is -2.33. The van der Waals surface area contributed by atoms with E-state index in [9.17, 15) is 4.79 Å². The normalized spacial score (nSPS) is 10.9. The van der Waals surface area contributed by atoms with Crippen LogP contribution in [0.5, 0.6) is 11.5 Å². The van der Waals surface area contributed by atoms with Crippen LogP contribution in [0.25, 0.3) is 0 Å². The molecule has 0 aromatic heterocycles. The van der Waals surface area contributed by atoms with Crippen molar-refractivity contribution in [2.24, 2.45) is 0 Å². The van der Waals surface area contributed by atoms with Gasteiger partial charge in [-0.3, -0.25) is 4.79 Å². The fraction of sp³-hybridized carbons (Fsp3) is 0.174. The number of ether oxygens (including phenoxy) is 3. The van der Waals surface area contributed by atoms with Crippen LogP contribution in [0.15, 0.2) is 78.9 Å². The number of carbonyl (C=O) groups excluding carboxylic acids is 1. The van der Waals surface area contributed by atoms with Gasteiger partial charge in [0.15, 0.2) is 0 Å². The standard InChI is InChI=1S/C23H22O4/c1-25-20-13-9-18(10-14-20)23(22(24)27-3,17-7-5-4-6-8-17)19-11-15-21(26-2)16-12-19/h4-16H,1-3H3. The lowest BCUT2D eigenvalue weighted by Crippen LogP contribution is -2.39. The Morgan fingerprint density at radius 3 is 1.41 bits per heavy atom. The van der Waals surface area contributed by atoms with Gasteiger partial charge in [-0.05, 0) is 41.0 Å². The van der Waals surface area contributed by atoms with Crippen LogP contribution in [0, 0.1) is 0 Å². The van der Waals surface area contributed by atoms with Crippen molar-refractivity contribution in [3.8, 4) is 11.5 Å². The lowest BCUT2D eigenvalue weighted by molar-refractivity contribution is -0.144. The Bertz CT molecular complexity index is 836. The molecule has 0 saturated heterocycles. The van der Waals surface area contributed by atoms with E-state index in [-0.39, 0.29) is 5.97 Å². The fourth-order valence-electron chi connectivity index (χ4n) is 3.38. The second kappa shape index (κ2) is 7.96. The second-order valence-corrected chi connectivity index (χ2v) is 6.06. The maximum absolute atomic E-state index is 13.3. The first-order valence-corrected chi connectivity index (χ1v) is 8.59. The van der Waals surface area contributed by atoms with Gasteiger partial charge in [-0.15, -0.1) is 0 Å². The van der Waals surface area contributed by atoms with Crippen LogP contribution in [-0.4, -0.2) is 27.3 Å². The summed E-state index contributed by atoms with van der Waals surface area (Å²) in [6.07, 6.45) is 0. The maximum Gasteiger partial charge on any atom is 0.325 e. The zero-order chi connectivity index (χ0) is 19.3. The number of hydrogen-bond donors (Lipinski definition) is 0. The Morgan fingerprint density at radius 2 is 1.04 bits per heavy atom. The molecular weight excluding hydrogens is 340 g/mol. The third-order valence-corrected chi connectivity index (χ3v) is 4.74. The number of hydrogen-bond acceptors (Lipinski definition) is 4. The maximum atomic E-state index is 13.3. The van der Waals surface area contributed by atoms with Crippen molar-refractivity contribution in [2.45, 2.75) is 5.41 Å². The summed E-state index contributed by atoms with van der Waals surface area (Å²) in [6.45, 7) is 0. The average molecular weight is 362 g/mol. The highest BCUT2D eigenvalue weighted by Gasteiger charge is 2.45. The molecule has 4 heteroatoms. The predicted octanol–water partition coefficient (Wildman–Crippen LogP) is 4.21. The average Bonchev–Trinajstić information content (AvgIpc) is 2.75. The van der Waals surface area contributed by atoms with E-state index in [1.807, 2.05) is 78.9 Å². The van der Waals surface area contributed by atoms with E-state index in [0.717, 1.165) is 28.2 Å². The molecule has 0 bridgehead atoms. The minimum atomic E-state index is -1.10. The summed E-state index contributed by atoms with van der Waals surface area (Å²) < 4.78 is 15.8. The van der Waals surface area contributed by atoms with E-state index in [1.54, 1.807) is 14.2 Å². The Balaban J connectivity index is 2.32. The molecule has 0 atom stereocenters. The fourth-order valence-corrected chi connectivity index (χ4v) is 3.38. The Kier molecular flexibility index (Phi) is 5.46. The van der Waals surface area contributed by atoms with E-state index in [1.165, 1.54) is 7.11 Å². The minimum absolute atomic E-state index is 0.357. The molecule has 0 aliphatic heterocycles. The highest BCUT2D eigenvalue weighted by molar-refractivity contribution is 5.92. The Hall–Kier alpha value is -3.27. The molecule has 0 spiro atoms. The minimum Gasteiger partial charge on any atom is -0.497 e. The summed E-state index contributed by atoms with van der Waals surface area (Å²) in [5.74, 6) is 1.09. The monoisotopic (exact) mass is 362 g/mol. The second-order valence-electron chi connectivity index (χ2n) is 6.06. The van der Waals surface area contributed by atoms with Crippen molar-refractivity contribution in [3.05, 3.63) is 95.6 Å². The number of benzene rings is 3. The number of carbonyl (C=O) groups is 1. The smallest absolute Gasteiger partial charge is 0.325 e. The molecule has 27 heavy (non-hydrogen) atoms. The van der Waals surface area contributed by atoms with Crippen molar-refractivity contribution >= 4 is 5.97 Å². The molecule has 0 radical (unpaired) electrons. The van der Waals surface area contributed by atoms with Crippen LogP contribution in [0.2, 0.25) is 0 Å². The highest BCUT2D eigenvalue weighted by atomic mass is 16.5. The number of rotatable bonds is 6. The zero-order valence-electron chi connectivity index (χ0n) is 15.6. The Labute approximate surface area is 159 Å². The summed E-state index contributed by atoms with van der Waals surface area (Å²) in [7, 11) is 4.64. The third kappa shape index (κ3) is 3.26. The molecule has 0 N–H and O–H groups in total. The van der Waals surface area contributed by atoms with Crippen molar-refractivity contribution in [3.63, 3.8) is 0 Å². The molecular formula is C23H22O4. The summed E-state index contributed by atoms with van der Waals surface area (Å²) >= 11 is 0. The van der Waals surface area contributed by atoms with Gasteiger partial charge in [0.2, 0.25) is 0 Å². The molecule has 138 valence electrons. The van der Waals surface area contributed by atoms with Gasteiger partial charge in [-0.1, -0.05) is 54.6 Å². The van der Waals surface area contributed by atoms with E-state index in [0.29, 0.717) is 0 Å². The molecule has 0 unspecified atom stereocenters. The van der Waals surface area contributed by atoms with E-state index in [2.05, 4.69) is 0 Å². The summed E-state index contributed by atoms with van der Waals surface area (Å²) in [5.41, 5.74) is 1.32.